The number of amides is 1. The van der Waals surface area contributed by atoms with Crippen LogP contribution < -0.4 is 10.2 Å². The van der Waals surface area contributed by atoms with Crippen molar-refractivity contribution >= 4 is 28.4 Å². The lowest BCUT2D eigenvalue weighted by molar-refractivity contribution is 0.0332. The normalized spacial score (nSPS) is 16.6. The molecule has 1 amide bonds. The average molecular weight is 515 g/mol. The Kier molecular flexibility index (Phi) is 6.95. The molecular formula is C27H30N8O3. The standard InChI is InChI=1S/C27H30N8O3/c1-33-24(18-34-6-10-37-11-7-34)21(17-30-33)22-3-2-20-16-29-25(15-23(20)31-22)32-27(36)19-4-5-28-26(14-19)35-8-12-38-13-9-35/h2-5,14-17H,6-13,18H2,1H3,(H,29,32,36). The first-order valence-corrected chi connectivity index (χ1v) is 12.8. The van der Waals surface area contributed by atoms with Crippen molar-refractivity contribution in [2.45, 2.75) is 6.54 Å². The lowest BCUT2D eigenvalue weighted by atomic mass is 10.1. The number of hydrogen-bond acceptors (Lipinski definition) is 9. The molecule has 2 fully saturated rings. The zero-order valence-corrected chi connectivity index (χ0v) is 21.3. The van der Waals surface area contributed by atoms with E-state index in [1.54, 1.807) is 30.6 Å². The summed E-state index contributed by atoms with van der Waals surface area (Å²) in [6.45, 7) is 6.89. The number of anilines is 2. The largest absolute Gasteiger partial charge is 0.379 e. The first-order valence-electron chi connectivity index (χ1n) is 12.8. The number of aromatic nitrogens is 5. The molecular weight excluding hydrogens is 484 g/mol. The van der Waals surface area contributed by atoms with Crippen molar-refractivity contribution < 1.29 is 14.3 Å². The number of nitrogens with zero attached hydrogens (tertiary/aromatic N) is 7. The second kappa shape index (κ2) is 10.8. The van der Waals surface area contributed by atoms with Crippen LogP contribution in [0.25, 0.3) is 22.2 Å². The van der Waals surface area contributed by atoms with Gasteiger partial charge >= 0.3 is 0 Å². The fraction of sp³-hybridized carbons (Fsp3) is 0.370. The molecule has 11 nitrogen and oxygen atoms in total. The van der Waals surface area contributed by atoms with Crippen molar-refractivity contribution in [1.82, 2.24) is 29.6 Å². The van der Waals surface area contributed by atoms with Gasteiger partial charge in [0, 0.05) is 74.7 Å². The van der Waals surface area contributed by atoms with Crippen molar-refractivity contribution in [3.8, 4) is 11.3 Å². The Morgan fingerprint density at radius 2 is 1.76 bits per heavy atom. The third-order valence-corrected chi connectivity index (χ3v) is 6.97. The summed E-state index contributed by atoms with van der Waals surface area (Å²) in [5.41, 5.74) is 4.21. The van der Waals surface area contributed by atoms with Gasteiger partial charge in [0.25, 0.3) is 5.91 Å². The van der Waals surface area contributed by atoms with E-state index >= 15 is 0 Å². The fourth-order valence-electron chi connectivity index (χ4n) is 4.78. The van der Waals surface area contributed by atoms with Crippen LogP contribution in [0.15, 0.2) is 48.9 Å². The van der Waals surface area contributed by atoms with Crippen LogP contribution in [0.3, 0.4) is 0 Å². The summed E-state index contributed by atoms with van der Waals surface area (Å²) in [5, 5.41) is 8.31. The molecule has 196 valence electrons. The van der Waals surface area contributed by atoms with Gasteiger partial charge in [0.1, 0.15) is 11.6 Å². The van der Waals surface area contributed by atoms with E-state index in [0.717, 1.165) is 79.6 Å². The summed E-state index contributed by atoms with van der Waals surface area (Å²) in [7, 11) is 1.96. The monoisotopic (exact) mass is 514 g/mol. The highest BCUT2D eigenvalue weighted by Gasteiger charge is 2.19. The number of rotatable bonds is 6. The maximum Gasteiger partial charge on any atom is 0.257 e. The molecule has 4 aromatic rings. The first kappa shape index (κ1) is 24.4. The number of morpholine rings is 2. The Bertz CT molecular complexity index is 1440. The first-order chi connectivity index (χ1) is 18.6. The molecule has 0 spiro atoms. The Hall–Kier alpha value is -3.93. The number of pyridine rings is 3. The van der Waals surface area contributed by atoms with E-state index < -0.39 is 0 Å². The van der Waals surface area contributed by atoms with Gasteiger partial charge in [-0.25, -0.2) is 15.0 Å². The molecule has 0 radical (unpaired) electrons. The second-order valence-corrected chi connectivity index (χ2v) is 9.43. The van der Waals surface area contributed by atoms with E-state index in [1.807, 2.05) is 30.1 Å². The lowest BCUT2D eigenvalue weighted by Gasteiger charge is -2.27. The van der Waals surface area contributed by atoms with Gasteiger partial charge in [0.15, 0.2) is 0 Å². The molecule has 11 heteroatoms. The lowest BCUT2D eigenvalue weighted by Crippen LogP contribution is -2.36. The molecule has 6 heterocycles. The summed E-state index contributed by atoms with van der Waals surface area (Å²) >= 11 is 0. The fourth-order valence-corrected chi connectivity index (χ4v) is 4.78. The maximum atomic E-state index is 13.0. The predicted molar refractivity (Wildman–Crippen MR) is 143 cm³/mol. The molecule has 2 aliphatic heterocycles. The van der Waals surface area contributed by atoms with Crippen LogP contribution in [0.2, 0.25) is 0 Å². The number of fused-ring (bicyclic) bond motifs is 1. The van der Waals surface area contributed by atoms with Crippen LogP contribution in [-0.2, 0) is 23.1 Å². The summed E-state index contributed by atoms with van der Waals surface area (Å²) in [6.07, 6.45) is 5.25. The molecule has 2 aliphatic rings. The summed E-state index contributed by atoms with van der Waals surface area (Å²) < 4.78 is 12.8. The van der Waals surface area contributed by atoms with Gasteiger partial charge in [-0.2, -0.15) is 5.10 Å². The van der Waals surface area contributed by atoms with E-state index in [2.05, 4.69) is 30.2 Å². The number of nitrogens with one attached hydrogen (secondary N) is 1. The highest BCUT2D eigenvalue weighted by Crippen LogP contribution is 2.26. The molecule has 6 rings (SSSR count). The predicted octanol–water partition coefficient (Wildman–Crippen LogP) is 2.35. The third kappa shape index (κ3) is 5.21. The number of aryl methyl sites for hydroxylation is 1. The Morgan fingerprint density at radius 1 is 0.974 bits per heavy atom. The van der Waals surface area contributed by atoms with Crippen molar-refractivity contribution in [3.63, 3.8) is 0 Å². The second-order valence-electron chi connectivity index (χ2n) is 9.43. The van der Waals surface area contributed by atoms with E-state index in [-0.39, 0.29) is 5.91 Å². The van der Waals surface area contributed by atoms with Crippen LogP contribution in [0.4, 0.5) is 11.6 Å². The van der Waals surface area contributed by atoms with Gasteiger partial charge in [-0.15, -0.1) is 0 Å². The number of hydrogen-bond donors (Lipinski definition) is 1. The summed E-state index contributed by atoms with van der Waals surface area (Å²) in [6, 6.07) is 9.30. The van der Waals surface area contributed by atoms with Crippen LogP contribution in [0.1, 0.15) is 16.1 Å². The van der Waals surface area contributed by atoms with E-state index in [0.29, 0.717) is 24.6 Å². The maximum absolute atomic E-state index is 13.0. The topological polar surface area (TPSA) is 111 Å². The number of ether oxygens (including phenoxy) is 2. The van der Waals surface area contributed by atoms with Gasteiger partial charge < -0.3 is 19.7 Å². The molecule has 2 saturated heterocycles. The van der Waals surface area contributed by atoms with Gasteiger partial charge in [-0.3, -0.25) is 14.4 Å². The van der Waals surface area contributed by atoms with Gasteiger partial charge in [-0.05, 0) is 24.3 Å². The molecule has 0 aromatic carbocycles. The molecule has 0 bridgehead atoms. The van der Waals surface area contributed by atoms with Crippen molar-refractivity contribution in [1.29, 1.82) is 0 Å². The summed E-state index contributed by atoms with van der Waals surface area (Å²) in [4.78, 5) is 31.3. The molecule has 4 aromatic heterocycles. The van der Waals surface area contributed by atoms with E-state index in [9.17, 15) is 4.79 Å². The minimum absolute atomic E-state index is 0.245. The quantitative estimate of drug-likeness (QED) is 0.415. The molecule has 0 saturated carbocycles. The minimum Gasteiger partial charge on any atom is -0.379 e. The third-order valence-electron chi connectivity index (χ3n) is 6.97. The highest BCUT2D eigenvalue weighted by molar-refractivity contribution is 6.04. The van der Waals surface area contributed by atoms with Crippen molar-refractivity contribution in [2.24, 2.45) is 7.05 Å². The SMILES string of the molecule is Cn1ncc(-c2ccc3cnc(NC(=O)c4ccnc(N5CCOCC5)c4)cc3n2)c1CN1CCOCC1. The Morgan fingerprint density at radius 3 is 2.58 bits per heavy atom. The minimum atomic E-state index is -0.245. The van der Waals surface area contributed by atoms with E-state index in [1.165, 1.54) is 0 Å². The average Bonchev–Trinajstić information content (AvgIpc) is 3.33. The van der Waals surface area contributed by atoms with Gasteiger partial charge in [0.05, 0.1) is 49.5 Å². The van der Waals surface area contributed by atoms with Crippen molar-refractivity contribution in [2.75, 3.05) is 62.8 Å². The summed E-state index contributed by atoms with van der Waals surface area (Å²) in [5.74, 6) is 0.963. The van der Waals surface area contributed by atoms with Crippen LogP contribution in [0.5, 0.6) is 0 Å². The van der Waals surface area contributed by atoms with Gasteiger partial charge in [0.2, 0.25) is 0 Å². The van der Waals surface area contributed by atoms with Crippen LogP contribution in [-0.4, -0.2) is 88.1 Å². The van der Waals surface area contributed by atoms with Crippen LogP contribution >= 0.6 is 0 Å². The Balaban J connectivity index is 1.22. The van der Waals surface area contributed by atoms with E-state index in [4.69, 9.17) is 14.5 Å². The van der Waals surface area contributed by atoms with Gasteiger partial charge in [-0.1, -0.05) is 0 Å². The molecule has 0 aliphatic carbocycles. The molecule has 0 atom stereocenters. The molecule has 38 heavy (non-hydrogen) atoms. The zero-order chi connectivity index (χ0) is 25.9. The molecule has 1 N–H and O–H groups in total. The smallest absolute Gasteiger partial charge is 0.257 e. The van der Waals surface area contributed by atoms with Crippen LogP contribution in [0, 0.1) is 0 Å². The number of carbonyl (C=O) groups is 1. The highest BCUT2D eigenvalue weighted by atomic mass is 16.5. The zero-order valence-electron chi connectivity index (χ0n) is 21.3. The van der Waals surface area contributed by atoms with Crippen molar-refractivity contribution in [3.05, 3.63) is 60.2 Å². The Labute approximate surface area is 220 Å². The molecule has 0 unspecified atom stereocenters. The number of carbonyl (C=O) groups excluding carboxylic acids is 1.